The zero-order chi connectivity index (χ0) is 36.1. The second kappa shape index (κ2) is 12.5. The Bertz CT molecular complexity index is 2820. The van der Waals surface area contributed by atoms with Gasteiger partial charge in [-0.1, -0.05) is 77.1 Å². The van der Waals surface area contributed by atoms with Gasteiger partial charge in [-0.05, 0) is 99.0 Å². The van der Waals surface area contributed by atoms with E-state index in [0.29, 0.717) is 33.8 Å². The Kier molecular flexibility index (Phi) is 7.40. The maximum Gasteiger partial charge on any atom is 0.227 e. The number of nitrogens with zero attached hydrogens (tertiary/aromatic N) is 6. The molecule has 0 radical (unpaired) electrons. The highest BCUT2D eigenvalue weighted by Gasteiger charge is 2.33. The van der Waals surface area contributed by atoms with Crippen molar-refractivity contribution in [2.75, 3.05) is 4.90 Å². The number of aromatic nitrogens is 3. The van der Waals surface area contributed by atoms with Crippen molar-refractivity contribution in [3.63, 3.8) is 0 Å². The average molecular weight is 695 g/mol. The van der Waals surface area contributed by atoms with E-state index in [-0.39, 0.29) is 34.2 Å². The predicted octanol–water partition coefficient (Wildman–Crippen LogP) is 8.79. The Morgan fingerprint density at radius 3 is 2.23 bits per heavy atom. The molecule has 0 aliphatic heterocycles. The number of para-hydroxylation sites is 2. The molecule has 0 saturated heterocycles. The van der Waals surface area contributed by atoms with Gasteiger partial charge in [0.1, 0.15) is 22.5 Å². The summed E-state index contributed by atoms with van der Waals surface area (Å²) in [5, 5.41) is 55.9. The molecule has 0 spiro atoms. The van der Waals surface area contributed by atoms with Crippen LogP contribution in [-0.4, -0.2) is 48.6 Å². The smallest absolute Gasteiger partial charge is 0.227 e. The van der Waals surface area contributed by atoms with Crippen molar-refractivity contribution in [3.05, 3.63) is 150 Å². The summed E-state index contributed by atoms with van der Waals surface area (Å²) in [6, 6.07) is 32.7. The van der Waals surface area contributed by atoms with E-state index in [0.717, 1.165) is 38.5 Å². The molecule has 12 nitrogen and oxygen atoms in total. The molecular formula is C41H26N8O4. The third kappa shape index (κ3) is 5.21. The van der Waals surface area contributed by atoms with Gasteiger partial charge in [0.25, 0.3) is 0 Å². The van der Waals surface area contributed by atoms with Gasteiger partial charge in [-0.3, -0.25) is 10.8 Å². The van der Waals surface area contributed by atoms with Gasteiger partial charge >= 0.3 is 0 Å². The highest BCUT2D eigenvalue weighted by molar-refractivity contribution is 6.63. The van der Waals surface area contributed by atoms with Gasteiger partial charge in [-0.2, -0.15) is 0 Å². The molecule has 2 aliphatic rings. The molecule has 4 N–H and O–H groups in total. The fraction of sp³-hybridized carbons (Fsp3) is 0. The molecule has 0 atom stereocenters. The third-order valence-electron chi connectivity index (χ3n) is 9.30. The summed E-state index contributed by atoms with van der Waals surface area (Å²) in [6.07, 6.45) is 8.30. The summed E-state index contributed by atoms with van der Waals surface area (Å²) in [6.45, 7) is 0. The van der Waals surface area contributed by atoms with E-state index in [1.165, 1.54) is 6.08 Å². The maximum atomic E-state index is 10.5. The summed E-state index contributed by atoms with van der Waals surface area (Å²) in [4.78, 5) is 6.23. The molecule has 7 aromatic rings. The van der Waals surface area contributed by atoms with Gasteiger partial charge in [0, 0.05) is 16.7 Å². The standard InChI is InChI=1S/C41H26N8O4/c42-36-28(27-17-12-23-6-1-2-7-26(23)22-27)18-20-33(39(36)46-51)49(32-10-5-9-31(45-50)37(32)43)34-21-19-29(38-40(34)48-53-47-38)24-13-15-25(16-14-24)41-44-30-8-3-4-11-35(30)52-41/h1-22,42-43,50-51H/b42-36?,43-37?,45-31-,46-39-. The van der Waals surface area contributed by atoms with Crippen molar-refractivity contribution < 1.29 is 19.5 Å². The van der Waals surface area contributed by atoms with Crippen LogP contribution in [0.15, 0.2) is 164 Å². The molecular weight excluding hydrogens is 669 g/mol. The zero-order valence-electron chi connectivity index (χ0n) is 27.6. The monoisotopic (exact) mass is 694 g/mol. The van der Waals surface area contributed by atoms with Crippen molar-refractivity contribution >= 4 is 67.0 Å². The van der Waals surface area contributed by atoms with Crippen molar-refractivity contribution in [1.29, 1.82) is 10.8 Å². The van der Waals surface area contributed by atoms with Crippen LogP contribution in [0.4, 0.5) is 5.69 Å². The summed E-state index contributed by atoms with van der Waals surface area (Å²) in [5.41, 5.74) is 6.67. The fourth-order valence-electron chi connectivity index (χ4n) is 6.70. The summed E-state index contributed by atoms with van der Waals surface area (Å²) >= 11 is 0. The van der Waals surface area contributed by atoms with Crippen molar-refractivity contribution in [2.45, 2.75) is 0 Å². The molecule has 0 bridgehead atoms. The molecule has 5 aromatic carbocycles. The van der Waals surface area contributed by atoms with Gasteiger partial charge in [-0.15, -0.1) is 0 Å². The number of hydrogen-bond acceptors (Lipinski definition) is 12. The van der Waals surface area contributed by atoms with E-state index < -0.39 is 0 Å². The topological polar surface area (TPSA) is 181 Å². The van der Waals surface area contributed by atoms with E-state index in [4.69, 9.17) is 14.5 Å². The molecule has 2 aliphatic carbocycles. The Balaban J connectivity index is 1.16. The second-order valence-corrected chi connectivity index (χ2v) is 12.3. The van der Waals surface area contributed by atoms with Gasteiger partial charge in [0.2, 0.25) is 5.89 Å². The van der Waals surface area contributed by atoms with Crippen LogP contribution < -0.4 is 4.90 Å². The molecule has 0 unspecified atom stereocenters. The number of oxazole rings is 1. The molecule has 2 heterocycles. The minimum Gasteiger partial charge on any atom is -0.436 e. The van der Waals surface area contributed by atoms with Crippen LogP contribution in [0, 0.1) is 10.8 Å². The number of rotatable bonds is 6. The molecule has 0 amide bonds. The van der Waals surface area contributed by atoms with Gasteiger partial charge in [0.15, 0.2) is 16.8 Å². The lowest BCUT2D eigenvalue weighted by Crippen LogP contribution is -2.37. The zero-order valence-corrected chi connectivity index (χ0v) is 27.6. The third-order valence-corrected chi connectivity index (χ3v) is 9.30. The molecule has 2 aromatic heterocycles. The van der Waals surface area contributed by atoms with Crippen LogP contribution in [0.5, 0.6) is 0 Å². The molecule has 0 saturated carbocycles. The highest BCUT2D eigenvalue weighted by Crippen LogP contribution is 2.39. The number of nitrogens with one attached hydrogen (secondary N) is 2. The van der Waals surface area contributed by atoms with Crippen LogP contribution in [0.1, 0.15) is 5.56 Å². The SMILES string of the molecule is N=C1C(N(C2=CC=C(c3ccc4ccccc4c3)C(=N)/C2=N\O)c2ccc(-c3ccc(-c4nc5ccccc5o4)cc3)c3nonc23)=CC=C/C1=N/O. The lowest BCUT2D eigenvalue weighted by atomic mass is 9.89. The van der Waals surface area contributed by atoms with Crippen LogP contribution >= 0.6 is 0 Å². The largest absolute Gasteiger partial charge is 0.436 e. The number of hydrogen-bond donors (Lipinski definition) is 4. The number of oxime groups is 2. The summed E-state index contributed by atoms with van der Waals surface area (Å²) in [5.74, 6) is 0.505. The van der Waals surface area contributed by atoms with E-state index in [1.807, 2.05) is 97.1 Å². The van der Waals surface area contributed by atoms with Crippen LogP contribution in [-0.2, 0) is 0 Å². The molecule has 9 rings (SSSR count). The number of allylic oxidation sites excluding steroid dienone is 8. The number of benzene rings is 5. The Labute approximate surface area is 300 Å². The first-order valence-corrected chi connectivity index (χ1v) is 16.5. The highest BCUT2D eigenvalue weighted by atomic mass is 16.6. The van der Waals surface area contributed by atoms with Crippen LogP contribution in [0.25, 0.3) is 61.1 Å². The minimum atomic E-state index is -0.118. The fourth-order valence-corrected chi connectivity index (χ4v) is 6.70. The van der Waals surface area contributed by atoms with Gasteiger partial charge < -0.3 is 19.7 Å². The van der Waals surface area contributed by atoms with E-state index in [2.05, 4.69) is 25.6 Å². The Hall–Kier alpha value is -7.73. The van der Waals surface area contributed by atoms with E-state index >= 15 is 0 Å². The Morgan fingerprint density at radius 2 is 1.42 bits per heavy atom. The minimum absolute atomic E-state index is 0.0130. The first-order valence-electron chi connectivity index (χ1n) is 16.5. The first kappa shape index (κ1) is 31.3. The summed E-state index contributed by atoms with van der Waals surface area (Å²) < 4.78 is 11.3. The maximum absolute atomic E-state index is 10.5. The first-order chi connectivity index (χ1) is 26.0. The summed E-state index contributed by atoms with van der Waals surface area (Å²) in [7, 11) is 0. The molecule has 53 heavy (non-hydrogen) atoms. The molecule has 254 valence electrons. The second-order valence-electron chi connectivity index (χ2n) is 12.3. The van der Waals surface area contributed by atoms with E-state index in [1.54, 1.807) is 35.3 Å². The van der Waals surface area contributed by atoms with Crippen LogP contribution in [0.2, 0.25) is 0 Å². The number of fused-ring (bicyclic) bond motifs is 3. The van der Waals surface area contributed by atoms with Gasteiger partial charge in [0.05, 0.1) is 22.8 Å². The normalized spacial score (nSPS) is 16.1. The lowest BCUT2D eigenvalue weighted by molar-refractivity contribution is 0.315. The van der Waals surface area contributed by atoms with Gasteiger partial charge in [-0.25, -0.2) is 9.61 Å². The predicted molar refractivity (Wildman–Crippen MR) is 204 cm³/mol. The van der Waals surface area contributed by atoms with Crippen molar-refractivity contribution in [2.24, 2.45) is 10.3 Å². The van der Waals surface area contributed by atoms with Crippen molar-refractivity contribution in [1.82, 2.24) is 15.3 Å². The molecule has 12 heteroatoms. The lowest BCUT2D eigenvalue weighted by Gasteiger charge is -2.32. The Morgan fingerprint density at radius 1 is 0.660 bits per heavy atom. The number of anilines is 1. The molecule has 0 fully saturated rings. The van der Waals surface area contributed by atoms with Crippen LogP contribution in [0.3, 0.4) is 0 Å². The van der Waals surface area contributed by atoms with Crippen molar-refractivity contribution in [3.8, 4) is 22.6 Å². The quantitative estimate of drug-likeness (QED) is 0.0757. The average Bonchev–Trinajstić information content (AvgIpc) is 3.87. The van der Waals surface area contributed by atoms with E-state index in [9.17, 15) is 15.8 Å².